The van der Waals surface area contributed by atoms with E-state index in [0.717, 1.165) is 103 Å². The number of nitrogens with one attached hydrogen (secondary N) is 3. The monoisotopic (exact) mass is 992 g/mol. The Morgan fingerprint density at radius 1 is 0.437 bits per heavy atom. The standard InChI is InChI=1S/C59H97N3O9/c1-11-15-19-23-27-31-35-45(36-32-28-24-20-16-12-2)53(63)60-48-41-47(42-49(43-48)61-54(64)46(37-33-29-25-21-17-13-3)38-34-30-26-22-18-14-4)55(65)62-51-44-50(68-56(66)70-58(5,6)7)39-40-52(51)69-57(67)71-59(8,9)10/h39-46H,11-38H2,1-10H3,(H,60,63)(H,61,64)(H,62,65). The molecule has 0 radical (unpaired) electrons. The van der Waals surface area contributed by atoms with Crippen LogP contribution >= 0.6 is 0 Å². The zero-order valence-corrected chi connectivity index (χ0v) is 46.1. The van der Waals surface area contributed by atoms with Crippen LogP contribution in [0.15, 0.2) is 36.4 Å². The number of amides is 3. The minimum absolute atomic E-state index is 0.00202. The minimum atomic E-state index is -1.00. The topological polar surface area (TPSA) is 158 Å². The first-order chi connectivity index (χ1) is 33.9. The third kappa shape index (κ3) is 29.5. The predicted octanol–water partition coefficient (Wildman–Crippen LogP) is 17.7. The van der Waals surface area contributed by atoms with E-state index in [1.54, 1.807) is 59.7 Å². The van der Waals surface area contributed by atoms with Gasteiger partial charge >= 0.3 is 12.3 Å². The maximum atomic E-state index is 14.5. The Bertz CT molecular complexity index is 1750. The summed E-state index contributed by atoms with van der Waals surface area (Å²) in [5.74, 6) is -1.31. The van der Waals surface area contributed by atoms with Crippen molar-refractivity contribution in [1.29, 1.82) is 0 Å². The first-order valence-corrected chi connectivity index (χ1v) is 27.9. The van der Waals surface area contributed by atoms with Gasteiger partial charge in [0.25, 0.3) is 5.91 Å². The van der Waals surface area contributed by atoms with Gasteiger partial charge in [0, 0.05) is 34.8 Å². The molecule has 0 spiro atoms. The molecule has 2 aromatic rings. The van der Waals surface area contributed by atoms with Crippen LogP contribution in [0.5, 0.6) is 11.5 Å². The smallest absolute Gasteiger partial charge is 0.428 e. The van der Waals surface area contributed by atoms with Gasteiger partial charge in [-0.15, -0.1) is 0 Å². The normalized spacial score (nSPS) is 11.7. The molecule has 0 saturated heterocycles. The lowest BCUT2D eigenvalue weighted by Crippen LogP contribution is -2.27. The maximum absolute atomic E-state index is 14.5. The van der Waals surface area contributed by atoms with Crippen molar-refractivity contribution < 1.29 is 42.9 Å². The van der Waals surface area contributed by atoms with E-state index in [4.69, 9.17) is 18.9 Å². The van der Waals surface area contributed by atoms with Crippen molar-refractivity contribution in [2.24, 2.45) is 11.8 Å². The average molecular weight is 992 g/mol. The van der Waals surface area contributed by atoms with E-state index in [1.165, 1.54) is 95.2 Å². The molecule has 0 atom stereocenters. The first kappa shape index (κ1) is 62.5. The molecule has 0 unspecified atom stereocenters. The van der Waals surface area contributed by atoms with E-state index in [0.29, 0.717) is 11.4 Å². The Morgan fingerprint density at radius 2 is 0.789 bits per heavy atom. The van der Waals surface area contributed by atoms with Crippen LogP contribution in [-0.4, -0.2) is 41.2 Å². The van der Waals surface area contributed by atoms with Crippen LogP contribution < -0.4 is 25.4 Å². The Labute approximate surface area is 430 Å². The van der Waals surface area contributed by atoms with E-state index in [2.05, 4.69) is 43.6 Å². The summed E-state index contributed by atoms with van der Waals surface area (Å²) >= 11 is 0. The molecule has 0 bridgehead atoms. The summed E-state index contributed by atoms with van der Waals surface area (Å²) in [5.41, 5.74) is -0.804. The van der Waals surface area contributed by atoms with Gasteiger partial charge in [0.1, 0.15) is 17.0 Å². The van der Waals surface area contributed by atoms with Gasteiger partial charge in [-0.25, -0.2) is 9.59 Å². The number of hydrogen-bond acceptors (Lipinski definition) is 9. The summed E-state index contributed by atoms with van der Waals surface area (Å²) in [5, 5.41) is 9.16. The zero-order valence-electron chi connectivity index (χ0n) is 46.1. The Morgan fingerprint density at radius 3 is 1.15 bits per heavy atom. The van der Waals surface area contributed by atoms with Crippen molar-refractivity contribution in [3.8, 4) is 11.5 Å². The highest BCUT2D eigenvalue weighted by Crippen LogP contribution is 2.33. The lowest BCUT2D eigenvalue weighted by molar-refractivity contribution is -0.121. The second-order valence-electron chi connectivity index (χ2n) is 21.6. The van der Waals surface area contributed by atoms with Crippen molar-refractivity contribution in [3.63, 3.8) is 0 Å². The van der Waals surface area contributed by atoms with E-state index < -0.39 is 29.4 Å². The molecule has 0 aliphatic heterocycles. The SMILES string of the molecule is CCCCCCCCC(CCCCCCCC)C(=O)Nc1cc(NC(=O)C(CCCCCCCC)CCCCCCCC)cc(C(=O)Nc2cc(OC(=O)OC(C)(C)C)ccc2OC(=O)OC(C)(C)C)c1. The average Bonchev–Trinajstić information content (AvgIpc) is 3.28. The molecule has 3 N–H and O–H groups in total. The number of carbonyl (C=O) groups excluding carboxylic acids is 5. The molecule has 0 aliphatic carbocycles. The molecular weight excluding hydrogens is 895 g/mol. The van der Waals surface area contributed by atoms with Crippen molar-refractivity contribution in [1.82, 2.24) is 0 Å². The fraction of sp³-hybridized carbons (Fsp3) is 0.712. The summed E-state index contributed by atoms with van der Waals surface area (Å²) in [7, 11) is 0. The summed E-state index contributed by atoms with van der Waals surface area (Å²) in [6.07, 6.45) is 28.3. The highest BCUT2D eigenvalue weighted by Gasteiger charge is 2.25. The Balaban J connectivity index is 2.60. The summed E-state index contributed by atoms with van der Waals surface area (Å²) in [6, 6.07) is 9.05. The van der Waals surface area contributed by atoms with E-state index in [-0.39, 0.29) is 46.4 Å². The van der Waals surface area contributed by atoms with Gasteiger partial charge in [-0.2, -0.15) is 0 Å². The lowest BCUT2D eigenvalue weighted by Gasteiger charge is -2.21. The van der Waals surface area contributed by atoms with Gasteiger partial charge in [0.15, 0.2) is 5.75 Å². The number of ether oxygens (including phenoxy) is 4. The van der Waals surface area contributed by atoms with Crippen molar-refractivity contribution in [3.05, 3.63) is 42.0 Å². The quantitative estimate of drug-likeness (QED) is 0.0343. The van der Waals surface area contributed by atoms with Gasteiger partial charge in [0.2, 0.25) is 11.8 Å². The van der Waals surface area contributed by atoms with E-state index >= 15 is 0 Å². The van der Waals surface area contributed by atoms with Crippen LogP contribution in [0.1, 0.15) is 259 Å². The summed E-state index contributed by atoms with van der Waals surface area (Å²) in [6.45, 7) is 19.1. The zero-order chi connectivity index (χ0) is 52.5. The maximum Gasteiger partial charge on any atom is 0.514 e. The van der Waals surface area contributed by atoms with Gasteiger partial charge in [-0.3, -0.25) is 14.4 Å². The molecule has 402 valence electrons. The number of carbonyl (C=O) groups is 5. The van der Waals surface area contributed by atoms with Crippen LogP contribution in [0, 0.1) is 11.8 Å². The predicted molar refractivity (Wildman–Crippen MR) is 291 cm³/mol. The molecule has 0 aromatic heterocycles. The Kier molecular flexibility index (Phi) is 31.3. The molecular formula is C59H97N3O9. The largest absolute Gasteiger partial charge is 0.514 e. The second-order valence-corrected chi connectivity index (χ2v) is 21.6. The molecule has 71 heavy (non-hydrogen) atoms. The third-order valence-electron chi connectivity index (χ3n) is 12.5. The number of hydrogen-bond donors (Lipinski definition) is 3. The molecule has 0 aliphatic rings. The van der Waals surface area contributed by atoms with E-state index in [1.807, 2.05) is 0 Å². The molecule has 12 heteroatoms. The van der Waals surface area contributed by atoms with Crippen molar-refractivity contribution in [2.45, 2.75) is 260 Å². The number of rotatable bonds is 36. The van der Waals surface area contributed by atoms with Crippen LogP contribution in [-0.2, 0) is 19.1 Å². The molecule has 2 rings (SSSR count). The summed E-state index contributed by atoms with van der Waals surface area (Å²) in [4.78, 5) is 68.8. The van der Waals surface area contributed by atoms with Crippen molar-refractivity contribution in [2.75, 3.05) is 16.0 Å². The van der Waals surface area contributed by atoms with Gasteiger partial charge in [-0.05, 0) is 97.6 Å². The number of unbranched alkanes of at least 4 members (excludes halogenated alkanes) is 20. The Hall–Kier alpha value is -4.61. The van der Waals surface area contributed by atoms with Gasteiger partial charge < -0.3 is 34.9 Å². The molecule has 12 nitrogen and oxygen atoms in total. The van der Waals surface area contributed by atoms with Crippen LogP contribution in [0.2, 0.25) is 0 Å². The fourth-order valence-electron chi connectivity index (χ4n) is 8.57. The second kappa shape index (κ2) is 35.5. The fourth-order valence-corrected chi connectivity index (χ4v) is 8.57. The first-order valence-electron chi connectivity index (χ1n) is 27.9. The lowest BCUT2D eigenvalue weighted by atomic mass is 9.93. The van der Waals surface area contributed by atoms with Crippen LogP contribution in [0.3, 0.4) is 0 Å². The highest BCUT2D eigenvalue weighted by molar-refractivity contribution is 6.08. The van der Waals surface area contributed by atoms with Gasteiger partial charge in [0.05, 0.1) is 5.69 Å². The van der Waals surface area contributed by atoms with Crippen molar-refractivity contribution >= 4 is 47.1 Å². The molecule has 3 amide bonds. The molecule has 2 aromatic carbocycles. The minimum Gasteiger partial charge on any atom is -0.428 e. The van der Waals surface area contributed by atoms with Gasteiger partial charge in [-0.1, -0.05) is 182 Å². The highest BCUT2D eigenvalue weighted by atomic mass is 16.7. The van der Waals surface area contributed by atoms with Crippen LogP contribution in [0.25, 0.3) is 0 Å². The number of anilines is 3. The third-order valence-corrected chi connectivity index (χ3v) is 12.5. The van der Waals surface area contributed by atoms with Crippen LogP contribution in [0.4, 0.5) is 26.7 Å². The molecule has 0 heterocycles. The summed E-state index contributed by atoms with van der Waals surface area (Å²) < 4.78 is 21.8. The van der Waals surface area contributed by atoms with E-state index in [9.17, 15) is 24.0 Å². The molecule has 0 fully saturated rings. The number of benzene rings is 2. The molecule has 0 saturated carbocycles.